The van der Waals surface area contributed by atoms with Crippen molar-refractivity contribution in [2.75, 3.05) is 0 Å². The van der Waals surface area contributed by atoms with Gasteiger partial charge >= 0.3 is 6.03 Å². The minimum atomic E-state index is -0.999. The molecule has 4 heteroatoms. The largest absolute Gasteiger partial charge is 0.325 e. The van der Waals surface area contributed by atoms with Crippen LogP contribution >= 0.6 is 0 Å². The van der Waals surface area contributed by atoms with E-state index in [0.717, 1.165) is 16.7 Å². The number of carbonyl (C=O) groups excluding carboxylic acids is 2. The topological polar surface area (TPSA) is 49.4 Å². The van der Waals surface area contributed by atoms with E-state index in [2.05, 4.69) is 5.32 Å². The minimum Gasteiger partial charge on any atom is -0.319 e. The Hall–Kier alpha value is -2.62. The number of amides is 3. The summed E-state index contributed by atoms with van der Waals surface area (Å²) in [5.74, 6) is -0.216. The van der Waals surface area contributed by atoms with Crippen LogP contribution in [0.4, 0.5) is 4.79 Å². The first kappa shape index (κ1) is 14.3. The van der Waals surface area contributed by atoms with E-state index in [0.29, 0.717) is 6.54 Å². The first-order valence-electron chi connectivity index (χ1n) is 7.26. The second-order valence-corrected chi connectivity index (χ2v) is 5.74. The summed E-state index contributed by atoms with van der Waals surface area (Å²) in [7, 11) is 0. The maximum Gasteiger partial charge on any atom is 0.325 e. The molecule has 1 saturated heterocycles. The fraction of sp³-hybridized carbons (Fsp3) is 0.222. The lowest BCUT2D eigenvalue weighted by molar-refractivity contribution is -0.131. The van der Waals surface area contributed by atoms with E-state index in [1.54, 1.807) is 6.92 Å². The van der Waals surface area contributed by atoms with Gasteiger partial charge in [-0.2, -0.15) is 0 Å². The van der Waals surface area contributed by atoms with Gasteiger partial charge in [-0.3, -0.25) is 9.69 Å². The van der Waals surface area contributed by atoms with E-state index < -0.39 is 5.54 Å². The number of nitrogens with one attached hydrogen (secondary N) is 1. The smallest absolute Gasteiger partial charge is 0.319 e. The highest BCUT2D eigenvalue weighted by Gasteiger charge is 2.48. The summed E-state index contributed by atoms with van der Waals surface area (Å²) in [5, 5.41) is 2.82. The number of carbonyl (C=O) groups is 2. The van der Waals surface area contributed by atoms with Crippen molar-refractivity contribution in [2.45, 2.75) is 25.9 Å². The van der Waals surface area contributed by atoms with Crippen LogP contribution in [0.3, 0.4) is 0 Å². The fourth-order valence-corrected chi connectivity index (χ4v) is 2.77. The Labute approximate surface area is 129 Å². The van der Waals surface area contributed by atoms with Crippen molar-refractivity contribution in [1.82, 2.24) is 10.2 Å². The Morgan fingerprint density at radius 1 is 1.00 bits per heavy atom. The Bertz CT molecular complexity index is 727. The molecule has 112 valence electrons. The van der Waals surface area contributed by atoms with E-state index in [4.69, 9.17) is 0 Å². The highest BCUT2D eigenvalue weighted by molar-refractivity contribution is 6.07. The molecule has 3 amide bonds. The van der Waals surface area contributed by atoms with E-state index >= 15 is 0 Å². The van der Waals surface area contributed by atoms with E-state index in [1.807, 2.05) is 61.5 Å². The molecule has 0 bridgehead atoms. The summed E-state index contributed by atoms with van der Waals surface area (Å²) in [6.07, 6.45) is 0. The van der Waals surface area contributed by atoms with Gasteiger partial charge in [0.05, 0.1) is 6.54 Å². The molecular formula is C18H18N2O2. The molecule has 1 heterocycles. The van der Waals surface area contributed by atoms with Gasteiger partial charge in [-0.15, -0.1) is 0 Å². The molecule has 3 rings (SSSR count). The van der Waals surface area contributed by atoms with Crippen LogP contribution in [0.1, 0.15) is 23.6 Å². The monoisotopic (exact) mass is 294 g/mol. The van der Waals surface area contributed by atoms with Gasteiger partial charge in [0.1, 0.15) is 5.54 Å². The van der Waals surface area contributed by atoms with Gasteiger partial charge in [0.15, 0.2) is 0 Å². The second kappa shape index (κ2) is 5.30. The van der Waals surface area contributed by atoms with Crippen LogP contribution < -0.4 is 5.32 Å². The lowest BCUT2D eigenvalue weighted by atomic mass is 9.92. The molecule has 1 atom stereocenters. The third-order valence-electron chi connectivity index (χ3n) is 4.22. The number of imide groups is 1. The fourth-order valence-electron chi connectivity index (χ4n) is 2.77. The molecule has 1 unspecified atom stereocenters. The Morgan fingerprint density at radius 3 is 2.32 bits per heavy atom. The van der Waals surface area contributed by atoms with Crippen molar-refractivity contribution < 1.29 is 9.59 Å². The number of hydrogen-bond acceptors (Lipinski definition) is 2. The van der Waals surface area contributed by atoms with Gasteiger partial charge in [-0.1, -0.05) is 54.6 Å². The molecule has 0 radical (unpaired) electrons. The summed E-state index contributed by atoms with van der Waals surface area (Å²) in [4.78, 5) is 26.4. The molecule has 1 fully saturated rings. The Morgan fingerprint density at radius 2 is 1.64 bits per heavy atom. The Kier molecular flexibility index (Phi) is 3.45. The highest BCUT2D eigenvalue weighted by atomic mass is 16.2. The van der Waals surface area contributed by atoms with Crippen molar-refractivity contribution in [3.63, 3.8) is 0 Å². The molecule has 4 nitrogen and oxygen atoms in total. The third kappa shape index (κ3) is 2.26. The maximum absolute atomic E-state index is 12.8. The highest BCUT2D eigenvalue weighted by Crippen LogP contribution is 2.29. The molecule has 2 aromatic rings. The minimum absolute atomic E-state index is 0.216. The molecule has 0 spiro atoms. The van der Waals surface area contributed by atoms with Gasteiger partial charge in [0.25, 0.3) is 5.91 Å². The van der Waals surface area contributed by atoms with Crippen molar-refractivity contribution in [3.05, 3.63) is 71.3 Å². The van der Waals surface area contributed by atoms with Crippen molar-refractivity contribution in [3.8, 4) is 0 Å². The van der Waals surface area contributed by atoms with Crippen LogP contribution in [0.15, 0.2) is 54.6 Å². The van der Waals surface area contributed by atoms with Crippen LogP contribution in [-0.2, 0) is 16.9 Å². The van der Waals surface area contributed by atoms with Crippen molar-refractivity contribution in [1.29, 1.82) is 0 Å². The van der Waals surface area contributed by atoms with Gasteiger partial charge in [0.2, 0.25) is 0 Å². The van der Waals surface area contributed by atoms with Crippen LogP contribution in [0.25, 0.3) is 0 Å². The van der Waals surface area contributed by atoms with Crippen LogP contribution in [0.2, 0.25) is 0 Å². The predicted molar refractivity (Wildman–Crippen MR) is 84.1 cm³/mol. The molecule has 1 N–H and O–H groups in total. The van der Waals surface area contributed by atoms with Crippen molar-refractivity contribution >= 4 is 11.9 Å². The average molecular weight is 294 g/mol. The molecule has 2 aromatic carbocycles. The zero-order valence-corrected chi connectivity index (χ0v) is 12.7. The SMILES string of the molecule is Cc1ccccc1CN1C(=O)NC(C)(c2ccccc2)C1=O. The standard InChI is InChI=1S/C18H18N2O2/c1-13-8-6-7-9-14(13)12-20-16(21)18(2,19-17(20)22)15-10-4-3-5-11-15/h3-11H,12H2,1-2H3,(H,19,22). The second-order valence-electron chi connectivity index (χ2n) is 5.74. The number of hydrogen-bond donors (Lipinski definition) is 1. The lowest BCUT2D eigenvalue weighted by Crippen LogP contribution is -2.40. The lowest BCUT2D eigenvalue weighted by Gasteiger charge is -2.22. The summed E-state index contributed by atoms with van der Waals surface area (Å²) < 4.78 is 0. The number of rotatable bonds is 3. The van der Waals surface area contributed by atoms with E-state index in [1.165, 1.54) is 4.90 Å². The zero-order chi connectivity index (χ0) is 15.7. The van der Waals surface area contributed by atoms with Crippen LogP contribution in [0, 0.1) is 6.92 Å². The average Bonchev–Trinajstić information content (AvgIpc) is 2.75. The van der Waals surface area contributed by atoms with E-state index in [9.17, 15) is 9.59 Å². The number of nitrogens with zero attached hydrogens (tertiary/aromatic N) is 1. The van der Waals surface area contributed by atoms with Gasteiger partial charge in [-0.05, 0) is 30.5 Å². The van der Waals surface area contributed by atoms with Gasteiger partial charge in [0, 0.05) is 0 Å². The van der Waals surface area contributed by atoms with Gasteiger partial charge in [-0.25, -0.2) is 4.79 Å². The molecule has 0 aliphatic carbocycles. The first-order chi connectivity index (χ1) is 10.5. The molecule has 1 aliphatic rings. The normalized spacial score (nSPS) is 21.1. The predicted octanol–water partition coefficient (Wildman–Crippen LogP) is 2.96. The van der Waals surface area contributed by atoms with Crippen LogP contribution in [-0.4, -0.2) is 16.8 Å². The van der Waals surface area contributed by atoms with Gasteiger partial charge < -0.3 is 5.32 Å². The maximum atomic E-state index is 12.8. The summed E-state index contributed by atoms with van der Waals surface area (Å²) in [5.41, 5.74) is 1.83. The molecule has 0 saturated carbocycles. The quantitative estimate of drug-likeness (QED) is 0.885. The number of urea groups is 1. The Balaban J connectivity index is 1.91. The number of aryl methyl sites for hydroxylation is 1. The summed E-state index contributed by atoms with van der Waals surface area (Å²) >= 11 is 0. The number of benzene rings is 2. The molecular weight excluding hydrogens is 276 g/mol. The van der Waals surface area contributed by atoms with Crippen molar-refractivity contribution in [2.24, 2.45) is 0 Å². The first-order valence-corrected chi connectivity index (χ1v) is 7.26. The van der Waals surface area contributed by atoms with Crippen LogP contribution in [0.5, 0.6) is 0 Å². The summed E-state index contributed by atoms with van der Waals surface area (Å²) in [6.45, 7) is 4.02. The molecule has 22 heavy (non-hydrogen) atoms. The summed E-state index contributed by atoms with van der Waals surface area (Å²) in [6, 6.07) is 16.8. The molecule has 0 aromatic heterocycles. The molecule has 1 aliphatic heterocycles. The third-order valence-corrected chi connectivity index (χ3v) is 4.22. The zero-order valence-electron chi connectivity index (χ0n) is 12.7. The van der Waals surface area contributed by atoms with E-state index in [-0.39, 0.29) is 11.9 Å².